The summed E-state index contributed by atoms with van der Waals surface area (Å²) in [7, 11) is 0. The fourth-order valence-electron chi connectivity index (χ4n) is 2.54. The van der Waals surface area contributed by atoms with Gasteiger partial charge in [0.1, 0.15) is 6.61 Å². The topological polar surface area (TPSA) is 81.3 Å². The number of carbonyl (C=O) groups excluding carboxylic acids is 1. The van der Waals surface area contributed by atoms with Gasteiger partial charge in [0, 0.05) is 18.1 Å². The largest absolute Gasteiger partial charge is 0.472 e. The van der Waals surface area contributed by atoms with E-state index in [9.17, 15) is 4.79 Å². The number of halogens is 1. The zero-order valence-corrected chi connectivity index (χ0v) is 13.2. The number of anilines is 1. The highest BCUT2D eigenvalue weighted by atomic mass is 35.5. The predicted molar refractivity (Wildman–Crippen MR) is 87.3 cm³/mol. The van der Waals surface area contributed by atoms with Gasteiger partial charge in [0.05, 0.1) is 18.3 Å². The van der Waals surface area contributed by atoms with Crippen molar-refractivity contribution in [1.82, 2.24) is 9.97 Å². The molecule has 0 saturated carbocycles. The van der Waals surface area contributed by atoms with Crippen LogP contribution in [0, 0.1) is 5.92 Å². The summed E-state index contributed by atoms with van der Waals surface area (Å²) in [6, 6.07) is 7.46. The molecule has 0 unspecified atom stereocenters. The van der Waals surface area contributed by atoms with Crippen LogP contribution in [0.2, 0.25) is 5.02 Å². The fourth-order valence-corrected chi connectivity index (χ4v) is 2.76. The molecule has 1 aliphatic rings. The van der Waals surface area contributed by atoms with Crippen LogP contribution in [0.25, 0.3) is 0 Å². The van der Waals surface area contributed by atoms with E-state index in [-0.39, 0.29) is 11.8 Å². The molecule has 7 heteroatoms. The molecule has 0 bridgehead atoms. The molecule has 0 spiro atoms. The number of hydrogen-bond acceptors (Lipinski definition) is 5. The second-order valence-electron chi connectivity index (χ2n) is 5.47. The van der Waals surface area contributed by atoms with Crippen molar-refractivity contribution in [2.45, 2.75) is 13.0 Å². The number of hydrogen-bond donors (Lipinski definition) is 1. The molecule has 0 radical (unpaired) electrons. The van der Waals surface area contributed by atoms with Crippen LogP contribution in [0.3, 0.4) is 0 Å². The molecule has 2 heterocycles. The number of rotatable bonds is 5. The van der Waals surface area contributed by atoms with Gasteiger partial charge < -0.3 is 15.4 Å². The summed E-state index contributed by atoms with van der Waals surface area (Å²) in [6.07, 6.45) is 3.97. The second kappa shape index (κ2) is 6.83. The Morgan fingerprint density at radius 3 is 3.04 bits per heavy atom. The minimum atomic E-state index is -0.270. The minimum absolute atomic E-state index is 0.132. The van der Waals surface area contributed by atoms with Crippen LogP contribution < -0.4 is 15.4 Å². The Bertz CT molecular complexity index is 710. The summed E-state index contributed by atoms with van der Waals surface area (Å²) >= 11 is 5.95. The lowest BCUT2D eigenvalue weighted by molar-refractivity contribution is -0.121. The molecule has 1 fully saturated rings. The molecule has 1 aromatic heterocycles. The number of aromatic nitrogens is 2. The van der Waals surface area contributed by atoms with Crippen LogP contribution in [-0.2, 0) is 11.4 Å². The molecule has 1 aromatic carbocycles. The third-order valence-corrected chi connectivity index (χ3v) is 4.03. The summed E-state index contributed by atoms with van der Waals surface area (Å²) in [5.74, 6) is 0.726. The van der Waals surface area contributed by atoms with Gasteiger partial charge in [0.25, 0.3) is 0 Å². The van der Waals surface area contributed by atoms with Crippen LogP contribution in [-0.4, -0.2) is 29.0 Å². The zero-order valence-electron chi connectivity index (χ0n) is 12.5. The Kier molecular flexibility index (Phi) is 4.62. The summed E-state index contributed by atoms with van der Waals surface area (Å²) in [5.41, 5.74) is 6.31. The molecule has 1 amide bonds. The number of nitrogens with two attached hydrogens (primary N) is 1. The number of benzene rings is 1. The monoisotopic (exact) mass is 332 g/mol. The molecule has 120 valence electrons. The van der Waals surface area contributed by atoms with Crippen molar-refractivity contribution in [1.29, 1.82) is 0 Å². The minimum Gasteiger partial charge on any atom is -0.472 e. The predicted octanol–water partition coefficient (Wildman–Crippen LogP) is 2.02. The number of ether oxygens (including phenoxy) is 1. The molecule has 1 saturated heterocycles. The first-order valence-corrected chi connectivity index (χ1v) is 7.73. The summed E-state index contributed by atoms with van der Waals surface area (Å²) in [6.45, 7) is 1.67. The average molecular weight is 333 g/mol. The molecule has 1 atom stereocenters. The lowest BCUT2D eigenvalue weighted by Crippen LogP contribution is -2.27. The number of amides is 1. The molecular weight excluding hydrogens is 316 g/mol. The van der Waals surface area contributed by atoms with Crippen LogP contribution in [0.5, 0.6) is 5.88 Å². The number of primary amides is 1. The van der Waals surface area contributed by atoms with Gasteiger partial charge in [-0.05, 0) is 24.1 Å². The van der Waals surface area contributed by atoms with Crippen molar-refractivity contribution in [3.63, 3.8) is 0 Å². The van der Waals surface area contributed by atoms with E-state index in [0.717, 1.165) is 18.5 Å². The molecule has 0 aliphatic carbocycles. The summed E-state index contributed by atoms with van der Waals surface area (Å²) in [5, 5.41) is 0.667. The zero-order chi connectivity index (χ0) is 16.2. The quantitative estimate of drug-likeness (QED) is 0.906. The Balaban J connectivity index is 1.65. The van der Waals surface area contributed by atoms with E-state index in [2.05, 4.69) is 9.97 Å². The highest BCUT2D eigenvalue weighted by Crippen LogP contribution is 2.23. The van der Waals surface area contributed by atoms with Gasteiger partial charge in [0.2, 0.25) is 11.8 Å². The summed E-state index contributed by atoms with van der Waals surface area (Å²) in [4.78, 5) is 21.9. The van der Waals surface area contributed by atoms with E-state index in [1.54, 1.807) is 12.4 Å². The van der Waals surface area contributed by atoms with Gasteiger partial charge >= 0.3 is 0 Å². The van der Waals surface area contributed by atoms with E-state index in [0.29, 0.717) is 29.9 Å². The fraction of sp³-hybridized carbons (Fsp3) is 0.312. The van der Waals surface area contributed by atoms with Crippen molar-refractivity contribution in [2.75, 3.05) is 18.0 Å². The maximum Gasteiger partial charge on any atom is 0.234 e. The Morgan fingerprint density at radius 2 is 2.30 bits per heavy atom. The van der Waals surface area contributed by atoms with Crippen molar-refractivity contribution >= 4 is 23.3 Å². The summed E-state index contributed by atoms with van der Waals surface area (Å²) < 4.78 is 5.67. The van der Waals surface area contributed by atoms with E-state index in [4.69, 9.17) is 22.1 Å². The maximum atomic E-state index is 11.3. The Hall–Kier alpha value is -2.34. The van der Waals surface area contributed by atoms with E-state index in [1.807, 2.05) is 29.2 Å². The van der Waals surface area contributed by atoms with Gasteiger partial charge in [-0.25, -0.2) is 0 Å². The van der Waals surface area contributed by atoms with Crippen molar-refractivity contribution in [3.8, 4) is 5.88 Å². The van der Waals surface area contributed by atoms with E-state index >= 15 is 0 Å². The number of nitrogens with zero attached hydrogens (tertiary/aromatic N) is 3. The van der Waals surface area contributed by atoms with Gasteiger partial charge in [-0.3, -0.25) is 9.78 Å². The van der Waals surface area contributed by atoms with Crippen molar-refractivity contribution in [2.24, 2.45) is 11.7 Å². The standard InChI is InChI=1S/C16H17ClN4O2/c17-13-3-1-2-11(6-13)10-23-15-8-19-7-14(20-15)21-5-4-12(9-21)16(18)22/h1-3,6-8,12H,4-5,9-10H2,(H2,18,22)/t12-/m1/s1. The third kappa shape index (κ3) is 3.90. The van der Waals surface area contributed by atoms with Crippen LogP contribution in [0.4, 0.5) is 5.82 Å². The molecule has 2 aromatic rings. The van der Waals surface area contributed by atoms with E-state index in [1.165, 1.54) is 0 Å². The molecule has 6 nitrogen and oxygen atoms in total. The number of carbonyl (C=O) groups is 1. The highest BCUT2D eigenvalue weighted by molar-refractivity contribution is 6.30. The van der Waals surface area contributed by atoms with Gasteiger partial charge in [-0.2, -0.15) is 4.98 Å². The molecular formula is C16H17ClN4O2. The normalized spacial score (nSPS) is 17.3. The second-order valence-corrected chi connectivity index (χ2v) is 5.90. The molecule has 3 rings (SSSR count). The van der Waals surface area contributed by atoms with Gasteiger partial charge in [0.15, 0.2) is 5.82 Å². The average Bonchev–Trinajstić information content (AvgIpc) is 3.04. The Morgan fingerprint density at radius 1 is 1.43 bits per heavy atom. The SMILES string of the molecule is NC(=O)[C@@H]1CCN(c2cncc(OCc3cccc(Cl)c3)n2)C1. The first kappa shape index (κ1) is 15.6. The first-order valence-electron chi connectivity index (χ1n) is 7.35. The van der Waals surface area contributed by atoms with Gasteiger partial charge in [-0.15, -0.1) is 0 Å². The van der Waals surface area contributed by atoms with Crippen molar-refractivity contribution in [3.05, 3.63) is 47.2 Å². The van der Waals surface area contributed by atoms with Crippen molar-refractivity contribution < 1.29 is 9.53 Å². The van der Waals surface area contributed by atoms with Crippen LogP contribution >= 0.6 is 11.6 Å². The van der Waals surface area contributed by atoms with E-state index < -0.39 is 0 Å². The highest BCUT2D eigenvalue weighted by Gasteiger charge is 2.27. The lowest BCUT2D eigenvalue weighted by atomic mass is 10.1. The third-order valence-electron chi connectivity index (χ3n) is 3.79. The first-order chi connectivity index (χ1) is 11.1. The van der Waals surface area contributed by atoms with Gasteiger partial charge in [-0.1, -0.05) is 23.7 Å². The lowest BCUT2D eigenvalue weighted by Gasteiger charge is -2.17. The maximum absolute atomic E-state index is 11.3. The molecule has 23 heavy (non-hydrogen) atoms. The Labute approximate surface area is 139 Å². The molecule has 2 N–H and O–H groups in total. The van der Waals surface area contributed by atoms with Crippen LogP contribution in [0.1, 0.15) is 12.0 Å². The molecule has 1 aliphatic heterocycles. The van der Waals surface area contributed by atoms with Crippen LogP contribution in [0.15, 0.2) is 36.7 Å². The smallest absolute Gasteiger partial charge is 0.234 e.